The fourth-order valence-corrected chi connectivity index (χ4v) is 1.13. The maximum Gasteiger partial charge on any atom is 0.364 e. The van der Waals surface area contributed by atoms with Crippen molar-refractivity contribution in [3.8, 4) is 0 Å². The number of hydrogen-bond acceptors (Lipinski definition) is 5. The molecule has 0 saturated carbocycles. The minimum absolute atomic E-state index is 0.00481. The highest BCUT2D eigenvalue weighted by Gasteiger charge is 2.08. The van der Waals surface area contributed by atoms with Crippen LogP contribution in [0.15, 0.2) is 14.4 Å². The number of aromatic nitrogens is 5. The first-order valence-electron chi connectivity index (χ1n) is 4.05. The van der Waals surface area contributed by atoms with E-state index in [2.05, 4.69) is 15.1 Å². The largest absolute Gasteiger partial charge is 0.364 e. The molecule has 0 aliphatic carbocycles. The van der Waals surface area contributed by atoms with Crippen molar-refractivity contribution in [2.24, 2.45) is 14.1 Å². The van der Waals surface area contributed by atoms with E-state index in [-0.39, 0.29) is 11.2 Å². The van der Waals surface area contributed by atoms with E-state index >= 15 is 0 Å². The lowest BCUT2D eigenvalue weighted by atomic mass is 10.5. The zero-order valence-electron chi connectivity index (χ0n) is 8.01. The average molecular weight is 209 g/mol. The molecule has 0 radical (unpaired) electrons. The number of rotatable bonds is 0. The lowest BCUT2D eigenvalue weighted by Crippen LogP contribution is -2.36. The highest BCUT2D eigenvalue weighted by atomic mass is 16.2. The molecule has 0 saturated heterocycles. The van der Waals surface area contributed by atoms with Crippen molar-refractivity contribution in [3.05, 3.63) is 31.3 Å². The van der Waals surface area contributed by atoms with E-state index < -0.39 is 16.9 Å². The topological polar surface area (TPSA) is 103 Å². The van der Waals surface area contributed by atoms with Crippen LogP contribution in [0.1, 0.15) is 0 Å². The Labute approximate surface area is 81.8 Å². The number of aromatic amines is 1. The van der Waals surface area contributed by atoms with E-state index in [0.717, 1.165) is 9.25 Å². The zero-order chi connectivity index (χ0) is 11.2. The molecule has 78 valence electrons. The predicted molar refractivity (Wildman–Crippen MR) is 50.6 cm³/mol. The van der Waals surface area contributed by atoms with Gasteiger partial charge in [-0.1, -0.05) is 0 Å². The Kier molecular flexibility index (Phi) is 1.78. The summed E-state index contributed by atoms with van der Waals surface area (Å²) in [7, 11) is 2.67. The van der Waals surface area contributed by atoms with Crippen molar-refractivity contribution in [1.82, 2.24) is 24.3 Å². The molecular weight excluding hydrogens is 202 g/mol. The first kappa shape index (κ1) is 9.31. The van der Waals surface area contributed by atoms with Crippen LogP contribution in [-0.2, 0) is 14.1 Å². The van der Waals surface area contributed by atoms with Gasteiger partial charge >= 0.3 is 11.4 Å². The zero-order valence-corrected chi connectivity index (χ0v) is 8.01. The van der Waals surface area contributed by atoms with Crippen molar-refractivity contribution in [3.63, 3.8) is 0 Å². The summed E-state index contributed by atoms with van der Waals surface area (Å²) >= 11 is 0. The van der Waals surface area contributed by atoms with Crippen LogP contribution in [-0.4, -0.2) is 24.3 Å². The summed E-state index contributed by atoms with van der Waals surface area (Å²) in [4.78, 5) is 39.7. The quantitative estimate of drug-likeness (QED) is 0.526. The molecule has 2 aromatic rings. The van der Waals surface area contributed by atoms with E-state index in [1.165, 1.54) is 14.1 Å². The monoisotopic (exact) mass is 209 g/mol. The number of aryl methyl sites for hydroxylation is 1. The van der Waals surface area contributed by atoms with Crippen LogP contribution in [0.3, 0.4) is 0 Å². The molecule has 2 rings (SSSR count). The normalized spacial score (nSPS) is 10.8. The molecule has 0 amide bonds. The van der Waals surface area contributed by atoms with Crippen molar-refractivity contribution < 1.29 is 0 Å². The van der Waals surface area contributed by atoms with Gasteiger partial charge < -0.3 is 0 Å². The van der Waals surface area contributed by atoms with Gasteiger partial charge in [0, 0.05) is 14.1 Å². The Hall–Kier alpha value is -2.25. The highest BCUT2D eigenvalue weighted by molar-refractivity contribution is 5.66. The van der Waals surface area contributed by atoms with Gasteiger partial charge in [-0.25, -0.2) is 14.3 Å². The lowest BCUT2D eigenvalue weighted by molar-refractivity contribution is 0.680. The van der Waals surface area contributed by atoms with Gasteiger partial charge in [0.2, 0.25) is 0 Å². The average Bonchev–Trinajstić information content (AvgIpc) is 2.19. The van der Waals surface area contributed by atoms with Gasteiger partial charge in [-0.2, -0.15) is 4.98 Å². The number of fused-ring (bicyclic) bond motifs is 1. The van der Waals surface area contributed by atoms with Crippen molar-refractivity contribution >= 4 is 11.2 Å². The first-order valence-corrected chi connectivity index (χ1v) is 4.05. The minimum atomic E-state index is -0.647. The van der Waals surface area contributed by atoms with E-state index in [1.54, 1.807) is 0 Å². The molecule has 0 aliphatic rings. The van der Waals surface area contributed by atoms with Crippen LogP contribution in [0.5, 0.6) is 0 Å². The molecule has 8 nitrogen and oxygen atoms in total. The second-order valence-corrected chi connectivity index (χ2v) is 3.01. The third-order valence-corrected chi connectivity index (χ3v) is 2.00. The fourth-order valence-electron chi connectivity index (χ4n) is 1.13. The van der Waals surface area contributed by atoms with Crippen LogP contribution < -0.4 is 16.9 Å². The molecule has 0 unspecified atom stereocenters. The van der Waals surface area contributed by atoms with E-state index in [1.807, 2.05) is 0 Å². The first-order chi connectivity index (χ1) is 7.00. The summed E-state index contributed by atoms with van der Waals surface area (Å²) in [6.07, 6.45) is 0. The molecule has 2 aromatic heterocycles. The summed E-state index contributed by atoms with van der Waals surface area (Å²) in [6, 6.07) is 0. The maximum absolute atomic E-state index is 11.5. The van der Waals surface area contributed by atoms with Crippen molar-refractivity contribution in [1.29, 1.82) is 0 Å². The summed E-state index contributed by atoms with van der Waals surface area (Å²) in [5, 5.41) is 3.71. The van der Waals surface area contributed by atoms with Crippen molar-refractivity contribution in [2.75, 3.05) is 0 Å². The third kappa shape index (κ3) is 1.26. The molecule has 0 atom stereocenters. The maximum atomic E-state index is 11.5. The molecule has 0 fully saturated rings. The molecule has 0 bridgehead atoms. The Morgan fingerprint density at radius 1 is 1.20 bits per heavy atom. The summed E-state index contributed by atoms with van der Waals surface area (Å²) in [5.74, 6) is 0. The highest BCUT2D eigenvalue weighted by Crippen LogP contribution is 1.90. The molecule has 0 spiro atoms. The van der Waals surface area contributed by atoms with E-state index in [0.29, 0.717) is 0 Å². The molecular formula is C7H7N5O3. The Morgan fingerprint density at radius 3 is 2.53 bits per heavy atom. The predicted octanol–water partition coefficient (Wildman–Crippen LogP) is -2.28. The van der Waals surface area contributed by atoms with Crippen LogP contribution in [0.4, 0.5) is 0 Å². The number of nitrogens with zero attached hydrogens (tertiary/aromatic N) is 4. The number of H-pyrrole nitrogens is 1. The summed E-state index contributed by atoms with van der Waals surface area (Å²) < 4.78 is 1.77. The second-order valence-electron chi connectivity index (χ2n) is 3.01. The smallest absolute Gasteiger partial charge is 0.288 e. The lowest BCUT2D eigenvalue weighted by Gasteiger charge is -1.99. The standard InChI is InChI=1S/C7H7N5O3/c1-11-5(13)3-4(9-6(11)14)10-12(2)7(15)8-3/h1-2H3,(H,9,10,14). The van der Waals surface area contributed by atoms with Crippen LogP contribution >= 0.6 is 0 Å². The van der Waals surface area contributed by atoms with Gasteiger partial charge in [0.05, 0.1) is 0 Å². The summed E-state index contributed by atoms with van der Waals surface area (Å²) in [6.45, 7) is 0. The van der Waals surface area contributed by atoms with Gasteiger partial charge in [0.15, 0.2) is 11.2 Å². The number of hydrogen-bond donors (Lipinski definition) is 1. The van der Waals surface area contributed by atoms with Gasteiger partial charge in [0.25, 0.3) is 5.56 Å². The Morgan fingerprint density at radius 2 is 1.87 bits per heavy atom. The van der Waals surface area contributed by atoms with Crippen molar-refractivity contribution in [2.45, 2.75) is 0 Å². The Balaban J connectivity index is 3.14. The number of nitrogens with one attached hydrogen (secondary N) is 1. The Bertz CT molecular complexity index is 707. The summed E-state index contributed by atoms with van der Waals surface area (Å²) in [5.41, 5.74) is -2.02. The molecule has 15 heavy (non-hydrogen) atoms. The second kappa shape index (κ2) is 2.87. The molecule has 0 aliphatic heterocycles. The van der Waals surface area contributed by atoms with Crippen LogP contribution in [0.25, 0.3) is 11.2 Å². The fraction of sp³-hybridized carbons (Fsp3) is 0.286. The van der Waals surface area contributed by atoms with Gasteiger partial charge in [-0.05, 0) is 0 Å². The molecule has 2 heterocycles. The van der Waals surface area contributed by atoms with Gasteiger partial charge in [-0.3, -0.25) is 14.3 Å². The molecule has 8 heteroatoms. The molecule has 0 aromatic carbocycles. The van der Waals surface area contributed by atoms with E-state index in [9.17, 15) is 14.4 Å². The van der Waals surface area contributed by atoms with Gasteiger partial charge in [-0.15, -0.1) is 5.10 Å². The van der Waals surface area contributed by atoms with Gasteiger partial charge in [0.1, 0.15) is 0 Å². The van der Waals surface area contributed by atoms with Crippen LogP contribution in [0.2, 0.25) is 0 Å². The minimum Gasteiger partial charge on any atom is -0.288 e. The van der Waals surface area contributed by atoms with Crippen LogP contribution in [0, 0.1) is 0 Å². The van der Waals surface area contributed by atoms with E-state index in [4.69, 9.17) is 0 Å². The molecule has 1 N–H and O–H groups in total. The SMILES string of the molecule is Cn1nc2[nH]c(=O)n(C)c(=O)c2nc1=O. The third-order valence-electron chi connectivity index (χ3n) is 2.00.